The Morgan fingerprint density at radius 2 is 2.07 bits per heavy atom. The second kappa shape index (κ2) is 11.0. The molecule has 14 heavy (non-hydrogen) atoms. The summed E-state index contributed by atoms with van der Waals surface area (Å²) in [6.45, 7) is 2.53. The van der Waals surface area contributed by atoms with Gasteiger partial charge >= 0.3 is 0 Å². The fourth-order valence-corrected chi connectivity index (χ4v) is 1.12. The first kappa shape index (κ1) is 19.5. The van der Waals surface area contributed by atoms with Crippen LogP contribution in [0.2, 0.25) is 0 Å². The van der Waals surface area contributed by atoms with Crippen LogP contribution < -0.4 is 16.8 Å². The highest BCUT2D eigenvalue weighted by atomic mass is 35.5. The molecule has 0 bridgehead atoms. The summed E-state index contributed by atoms with van der Waals surface area (Å²) < 4.78 is 0. The number of nitrogens with one attached hydrogen (secondary N) is 1. The summed E-state index contributed by atoms with van der Waals surface area (Å²) in [5.74, 6) is 0.932. The first-order valence-electron chi connectivity index (χ1n) is 4.08. The molecule has 1 aliphatic heterocycles. The van der Waals surface area contributed by atoms with Crippen LogP contribution in [0.3, 0.4) is 0 Å². The standard InChI is InChI=1S/C7H16N4.2ClH.H2O/c8-3-2-6(9)7-10-4-1-5-11-7;;;/h6H,1-5,8-9H2,(H,10,11);2*1H;1H2. The molecule has 0 aromatic rings. The van der Waals surface area contributed by atoms with Crippen molar-refractivity contribution in [1.29, 1.82) is 0 Å². The van der Waals surface area contributed by atoms with E-state index >= 15 is 0 Å². The Morgan fingerprint density at radius 3 is 2.50 bits per heavy atom. The van der Waals surface area contributed by atoms with Crippen LogP contribution in [0.5, 0.6) is 0 Å². The fraction of sp³-hybridized carbons (Fsp3) is 0.857. The van der Waals surface area contributed by atoms with Crippen molar-refractivity contribution < 1.29 is 5.48 Å². The van der Waals surface area contributed by atoms with Gasteiger partial charge in [0.15, 0.2) is 0 Å². The normalized spacial score (nSPS) is 16.0. The van der Waals surface area contributed by atoms with Gasteiger partial charge in [-0.25, -0.2) is 0 Å². The minimum atomic E-state index is 0. The minimum Gasteiger partial charge on any atom is -0.412 e. The number of nitrogens with zero attached hydrogens (tertiary/aromatic N) is 1. The maximum atomic E-state index is 5.79. The van der Waals surface area contributed by atoms with Gasteiger partial charge in [-0.05, 0) is 19.4 Å². The summed E-state index contributed by atoms with van der Waals surface area (Å²) >= 11 is 0. The van der Waals surface area contributed by atoms with Crippen molar-refractivity contribution in [1.82, 2.24) is 5.32 Å². The highest BCUT2D eigenvalue weighted by Crippen LogP contribution is 1.95. The first-order valence-corrected chi connectivity index (χ1v) is 4.08. The zero-order valence-corrected chi connectivity index (χ0v) is 9.66. The van der Waals surface area contributed by atoms with E-state index in [-0.39, 0.29) is 36.3 Å². The molecule has 1 atom stereocenters. The minimum absolute atomic E-state index is 0. The lowest BCUT2D eigenvalue weighted by atomic mass is 10.2. The van der Waals surface area contributed by atoms with E-state index in [1.807, 2.05) is 0 Å². The molecular weight excluding hydrogens is 227 g/mol. The van der Waals surface area contributed by atoms with Crippen molar-refractivity contribution in [2.75, 3.05) is 19.6 Å². The lowest BCUT2D eigenvalue weighted by Crippen LogP contribution is -2.44. The van der Waals surface area contributed by atoms with Gasteiger partial charge < -0.3 is 22.3 Å². The summed E-state index contributed by atoms with van der Waals surface area (Å²) in [6, 6.07) is 0.0142. The van der Waals surface area contributed by atoms with E-state index in [1.54, 1.807) is 0 Å². The Labute approximate surface area is 96.8 Å². The predicted octanol–water partition coefficient (Wildman–Crippen LogP) is -0.927. The molecule has 0 aromatic carbocycles. The van der Waals surface area contributed by atoms with Crippen LogP contribution in [0.4, 0.5) is 0 Å². The van der Waals surface area contributed by atoms with Gasteiger partial charge in [0.2, 0.25) is 0 Å². The molecule has 88 valence electrons. The van der Waals surface area contributed by atoms with E-state index in [1.165, 1.54) is 0 Å². The maximum Gasteiger partial charge on any atom is 0.113 e. The third kappa shape index (κ3) is 6.39. The number of aliphatic imine (C=N–C) groups is 1. The summed E-state index contributed by atoms with van der Waals surface area (Å²) in [7, 11) is 0. The molecule has 7 heteroatoms. The molecule has 7 N–H and O–H groups in total. The Balaban J connectivity index is -0.000000403. The number of halogens is 2. The van der Waals surface area contributed by atoms with Gasteiger partial charge in [0.05, 0.1) is 6.04 Å². The van der Waals surface area contributed by atoms with Crippen molar-refractivity contribution in [3.8, 4) is 0 Å². The number of nitrogens with two attached hydrogens (primary N) is 2. The van der Waals surface area contributed by atoms with E-state index in [0.717, 1.165) is 31.8 Å². The molecule has 0 saturated heterocycles. The van der Waals surface area contributed by atoms with Crippen molar-refractivity contribution >= 4 is 30.6 Å². The van der Waals surface area contributed by atoms with Crippen LogP contribution in [-0.4, -0.2) is 37.0 Å². The van der Waals surface area contributed by atoms with E-state index in [2.05, 4.69) is 10.3 Å². The SMILES string of the molecule is Cl.Cl.NCCC(N)C1=NCCCN1.O. The van der Waals surface area contributed by atoms with Gasteiger partial charge in [0, 0.05) is 13.1 Å². The average molecular weight is 247 g/mol. The molecule has 0 aromatic heterocycles. The Bertz CT molecular complexity index is 157. The van der Waals surface area contributed by atoms with Crippen LogP contribution in [0.1, 0.15) is 12.8 Å². The predicted molar refractivity (Wildman–Crippen MR) is 64.7 cm³/mol. The van der Waals surface area contributed by atoms with E-state index in [0.29, 0.717) is 6.54 Å². The average Bonchev–Trinajstić information content (AvgIpc) is 2.07. The van der Waals surface area contributed by atoms with Gasteiger partial charge in [-0.15, -0.1) is 24.8 Å². The summed E-state index contributed by atoms with van der Waals surface area (Å²) in [5, 5.41) is 3.17. The molecule has 5 nitrogen and oxygen atoms in total. The molecule has 1 aliphatic rings. The van der Waals surface area contributed by atoms with Crippen molar-refractivity contribution in [2.45, 2.75) is 18.9 Å². The fourth-order valence-electron chi connectivity index (χ4n) is 1.12. The largest absolute Gasteiger partial charge is 0.412 e. The van der Waals surface area contributed by atoms with Crippen LogP contribution >= 0.6 is 24.8 Å². The zero-order chi connectivity index (χ0) is 8.10. The highest BCUT2D eigenvalue weighted by molar-refractivity contribution is 5.87. The summed E-state index contributed by atoms with van der Waals surface area (Å²) in [4.78, 5) is 4.27. The third-order valence-corrected chi connectivity index (χ3v) is 1.75. The molecule has 1 heterocycles. The number of amidine groups is 1. The second-order valence-corrected chi connectivity index (χ2v) is 2.73. The molecule has 0 amide bonds. The van der Waals surface area contributed by atoms with E-state index in [9.17, 15) is 0 Å². The molecule has 0 saturated carbocycles. The van der Waals surface area contributed by atoms with Crippen molar-refractivity contribution in [2.24, 2.45) is 16.5 Å². The molecule has 0 fully saturated rings. The number of hydrogen-bond donors (Lipinski definition) is 3. The Kier molecular flexibility index (Phi) is 15.3. The van der Waals surface area contributed by atoms with E-state index < -0.39 is 0 Å². The zero-order valence-electron chi connectivity index (χ0n) is 8.03. The molecule has 0 aliphatic carbocycles. The van der Waals surface area contributed by atoms with Crippen LogP contribution in [-0.2, 0) is 0 Å². The smallest absolute Gasteiger partial charge is 0.113 e. The third-order valence-electron chi connectivity index (χ3n) is 1.75. The van der Waals surface area contributed by atoms with E-state index in [4.69, 9.17) is 11.5 Å². The van der Waals surface area contributed by atoms with Crippen molar-refractivity contribution in [3.05, 3.63) is 0 Å². The molecule has 0 spiro atoms. The lowest BCUT2D eigenvalue weighted by molar-refractivity contribution is 0.672. The summed E-state index contributed by atoms with van der Waals surface area (Å²) in [6.07, 6.45) is 1.92. The van der Waals surface area contributed by atoms with Crippen LogP contribution in [0.25, 0.3) is 0 Å². The molecule has 1 unspecified atom stereocenters. The Morgan fingerprint density at radius 1 is 1.43 bits per heavy atom. The topological polar surface area (TPSA) is 108 Å². The van der Waals surface area contributed by atoms with Crippen LogP contribution in [0.15, 0.2) is 4.99 Å². The van der Waals surface area contributed by atoms with Crippen molar-refractivity contribution in [3.63, 3.8) is 0 Å². The molecule has 0 radical (unpaired) electrons. The van der Waals surface area contributed by atoms with Gasteiger partial charge in [-0.2, -0.15) is 0 Å². The number of rotatable bonds is 3. The Hall–Kier alpha value is -0.0700. The quantitative estimate of drug-likeness (QED) is 0.599. The highest BCUT2D eigenvalue weighted by Gasteiger charge is 2.11. The molecule has 1 rings (SSSR count). The monoisotopic (exact) mass is 246 g/mol. The van der Waals surface area contributed by atoms with Gasteiger partial charge in [-0.1, -0.05) is 0 Å². The van der Waals surface area contributed by atoms with Gasteiger partial charge in [0.25, 0.3) is 0 Å². The summed E-state index contributed by atoms with van der Waals surface area (Å²) in [5.41, 5.74) is 11.2. The lowest BCUT2D eigenvalue weighted by Gasteiger charge is -2.19. The number of hydrogen-bond acceptors (Lipinski definition) is 4. The maximum absolute atomic E-state index is 5.79. The second-order valence-electron chi connectivity index (χ2n) is 2.73. The van der Waals surface area contributed by atoms with Gasteiger partial charge in [-0.3, -0.25) is 4.99 Å². The first-order chi connectivity index (χ1) is 5.34. The van der Waals surface area contributed by atoms with Crippen LogP contribution in [0, 0.1) is 0 Å². The van der Waals surface area contributed by atoms with Gasteiger partial charge in [0.1, 0.15) is 5.84 Å². The molecular formula is C7H20Cl2N4O.